The van der Waals surface area contributed by atoms with Crippen LogP contribution in [0.15, 0.2) is 24.3 Å². The molecule has 1 aromatic carbocycles. The minimum atomic E-state index is -3.65. The maximum Gasteiger partial charge on any atom is 0.243 e. The Kier molecular flexibility index (Phi) is 5.78. The summed E-state index contributed by atoms with van der Waals surface area (Å²) in [6.07, 6.45) is 1.45. The number of carbonyl (C=O) groups excluding carboxylic acids is 1. The summed E-state index contributed by atoms with van der Waals surface area (Å²) in [7, 11) is -6.77. The van der Waals surface area contributed by atoms with Crippen molar-refractivity contribution in [2.75, 3.05) is 35.2 Å². The predicted molar refractivity (Wildman–Crippen MR) is 97.8 cm³/mol. The van der Waals surface area contributed by atoms with Crippen molar-refractivity contribution >= 4 is 31.5 Å². The van der Waals surface area contributed by atoms with Crippen molar-refractivity contribution < 1.29 is 21.6 Å². The van der Waals surface area contributed by atoms with Crippen LogP contribution in [-0.2, 0) is 24.7 Å². The largest absolute Gasteiger partial charge is 0.337 e. The lowest BCUT2D eigenvalue weighted by molar-refractivity contribution is -0.131. The number of sulfone groups is 1. The molecule has 7 nitrogen and oxygen atoms in total. The highest BCUT2D eigenvalue weighted by atomic mass is 32.2. The average Bonchev–Trinajstić information content (AvgIpc) is 2.84. The van der Waals surface area contributed by atoms with E-state index in [0.717, 1.165) is 16.1 Å². The highest BCUT2D eigenvalue weighted by molar-refractivity contribution is 7.92. The molecule has 1 fully saturated rings. The monoisotopic (exact) mass is 388 g/mol. The lowest BCUT2D eigenvalue weighted by Crippen LogP contribution is -2.47. The molecule has 0 saturated carbocycles. The molecule has 0 spiro atoms. The molecule has 140 valence electrons. The van der Waals surface area contributed by atoms with E-state index in [9.17, 15) is 21.6 Å². The van der Waals surface area contributed by atoms with Crippen LogP contribution in [0, 0.1) is 6.92 Å². The van der Waals surface area contributed by atoms with Gasteiger partial charge in [-0.1, -0.05) is 12.1 Å². The second-order valence-electron chi connectivity index (χ2n) is 6.35. The Bertz CT molecular complexity index is 849. The zero-order valence-corrected chi connectivity index (χ0v) is 16.3. The number of benzene rings is 1. The van der Waals surface area contributed by atoms with E-state index < -0.39 is 25.8 Å². The topological polar surface area (TPSA) is 91.8 Å². The van der Waals surface area contributed by atoms with Gasteiger partial charge in [0, 0.05) is 12.6 Å². The summed E-state index contributed by atoms with van der Waals surface area (Å²) in [6.45, 7) is 3.60. The Morgan fingerprint density at radius 2 is 2.00 bits per heavy atom. The van der Waals surface area contributed by atoms with Crippen molar-refractivity contribution in [1.29, 1.82) is 0 Å². The average molecular weight is 389 g/mol. The fourth-order valence-corrected chi connectivity index (χ4v) is 5.63. The van der Waals surface area contributed by atoms with Gasteiger partial charge < -0.3 is 4.90 Å². The number of hydrogen-bond donors (Lipinski definition) is 0. The molecule has 1 heterocycles. The van der Waals surface area contributed by atoms with Crippen molar-refractivity contribution in [3.63, 3.8) is 0 Å². The van der Waals surface area contributed by atoms with E-state index in [1.54, 1.807) is 25.1 Å². The first-order valence-electron chi connectivity index (χ1n) is 8.08. The van der Waals surface area contributed by atoms with Crippen LogP contribution in [0.4, 0.5) is 5.69 Å². The van der Waals surface area contributed by atoms with E-state index in [2.05, 4.69) is 0 Å². The van der Waals surface area contributed by atoms with Gasteiger partial charge in [0.25, 0.3) is 0 Å². The smallest absolute Gasteiger partial charge is 0.243 e. The third-order valence-corrected chi connectivity index (χ3v) is 7.17. The Morgan fingerprint density at radius 1 is 1.32 bits per heavy atom. The molecule has 1 aliphatic heterocycles. The number of hydrogen-bond acceptors (Lipinski definition) is 5. The standard InChI is InChI=1S/C16H24N2O5S2/c1-4-17(15-8-9-25(22,23)12-15)16(19)11-18(24(3,20)21)14-7-5-6-13(2)10-14/h5-7,10,15H,4,8-9,11-12H2,1-3H3. The molecule has 1 unspecified atom stereocenters. The molecule has 1 aromatic rings. The van der Waals surface area contributed by atoms with Gasteiger partial charge in [-0.05, 0) is 38.0 Å². The van der Waals surface area contributed by atoms with Crippen molar-refractivity contribution in [2.24, 2.45) is 0 Å². The predicted octanol–water partition coefficient (Wildman–Crippen LogP) is 0.797. The van der Waals surface area contributed by atoms with Crippen LogP contribution in [0.3, 0.4) is 0 Å². The summed E-state index contributed by atoms with van der Waals surface area (Å²) in [5.74, 6) is -0.387. The third-order valence-electron chi connectivity index (χ3n) is 4.28. The molecule has 0 aliphatic carbocycles. The first kappa shape index (κ1) is 19.7. The van der Waals surface area contributed by atoms with Crippen LogP contribution >= 0.6 is 0 Å². The van der Waals surface area contributed by atoms with Crippen LogP contribution in [0.5, 0.6) is 0 Å². The normalized spacial score (nSPS) is 19.6. The maximum atomic E-state index is 12.7. The zero-order valence-electron chi connectivity index (χ0n) is 14.7. The molecule has 0 radical (unpaired) electrons. The van der Waals surface area contributed by atoms with Gasteiger partial charge in [-0.25, -0.2) is 16.8 Å². The molecular weight excluding hydrogens is 364 g/mol. The van der Waals surface area contributed by atoms with Gasteiger partial charge in [0.2, 0.25) is 15.9 Å². The number of likely N-dealkylation sites (N-methyl/N-ethyl adjacent to an activating group) is 1. The van der Waals surface area contributed by atoms with Crippen LogP contribution < -0.4 is 4.31 Å². The molecule has 1 atom stereocenters. The van der Waals surface area contributed by atoms with Gasteiger partial charge in [-0.3, -0.25) is 9.10 Å². The zero-order chi connectivity index (χ0) is 18.8. The van der Waals surface area contributed by atoms with Crippen molar-refractivity contribution in [3.05, 3.63) is 29.8 Å². The summed E-state index contributed by atoms with van der Waals surface area (Å²) in [5.41, 5.74) is 1.30. The van der Waals surface area contributed by atoms with Crippen molar-refractivity contribution in [3.8, 4) is 0 Å². The summed E-state index contributed by atoms with van der Waals surface area (Å²) in [5, 5.41) is 0. The number of carbonyl (C=O) groups is 1. The summed E-state index contributed by atoms with van der Waals surface area (Å²) in [6, 6.07) is 6.52. The van der Waals surface area contributed by atoms with Crippen LogP contribution in [0.1, 0.15) is 18.9 Å². The molecule has 25 heavy (non-hydrogen) atoms. The van der Waals surface area contributed by atoms with Gasteiger partial charge in [-0.15, -0.1) is 0 Å². The van der Waals surface area contributed by atoms with E-state index in [-0.39, 0.29) is 24.1 Å². The van der Waals surface area contributed by atoms with Gasteiger partial charge >= 0.3 is 0 Å². The van der Waals surface area contributed by atoms with E-state index in [4.69, 9.17) is 0 Å². The quantitative estimate of drug-likeness (QED) is 0.719. The molecule has 0 bridgehead atoms. The Morgan fingerprint density at radius 3 is 2.48 bits per heavy atom. The van der Waals surface area contributed by atoms with Crippen LogP contribution in [0.25, 0.3) is 0 Å². The molecular formula is C16H24N2O5S2. The minimum Gasteiger partial charge on any atom is -0.337 e. The molecule has 1 aliphatic rings. The lowest BCUT2D eigenvalue weighted by Gasteiger charge is -2.30. The Hall–Kier alpha value is -1.61. The molecule has 1 amide bonds. The molecule has 0 aromatic heterocycles. The first-order valence-corrected chi connectivity index (χ1v) is 11.7. The molecule has 2 rings (SSSR count). The second-order valence-corrected chi connectivity index (χ2v) is 10.5. The number of anilines is 1. The highest BCUT2D eigenvalue weighted by Gasteiger charge is 2.35. The van der Waals surface area contributed by atoms with Crippen LogP contribution in [0.2, 0.25) is 0 Å². The van der Waals surface area contributed by atoms with Gasteiger partial charge in [-0.2, -0.15) is 0 Å². The van der Waals surface area contributed by atoms with E-state index in [1.807, 2.05) is 13.0 Å². The SMILES string of the molecule is CCN(C(=O)CN(c1cccc(C)c1)S(C)(=O)=O)C1CCS(=O)(=O)C1. The first-order chi connectivity index (χ1) is 11.5. The van der Waals surface area contributed by atoms with Crippen molar-refractivity contribution in [2.45, 2.75) is 26.3 Å². The van der Waals surface area contributed by atoms with Gasteiger partial charge in [0.1, 0.15) is 6.54 Å². The van der Waals surface area contributed by atoms with Gasteiger partial charge in [0.15, 0.2) is 9.84 Å². The molecule has 1 saturated heterocycles. The number of sulfonamides is 1. The van der Waals surface area contributed by atoms with E-state index >= 15 is 0 Å². The van der Waals surface area contributed by atoms with E-state index in [0.29, 0.717) is 18.7 Å². The fraction of sp³-hybridized carbons (Fsp3) is 0.562. The van der Waals surface area contributed by atoms with Crippen LogP contribution in [-0.4, -0.2) is 64.5 Å². The lowest BCUT2D eigenvalue weighted by atomic mass is 10.2. The number of amides is 1. The summed E-state index contributed by atoms with van der Waals surface area (Å²) in [4.78, 5) is 14.2. The number of rotatable bonds is 6. The third kappa shape index (κ3) is 4.94. The van der Waals surface area contributed by atoms with E-state index in [1.165, 1.54) is 4.90 Å². The number of nitrogens with zero attached hydrogens (tertiary/aromatic N) is 2. The van der Waals surface area contributed by atoms with Crippen molar-refractivity contribution in [1.82, 2.24) is 4.90 Å². The second kappa shape index (κ2) is 7.33. The summed E-state index contributed by atoms with van der Waals surface area (Å²) < 4.78 is 48.8. The Balaban J connectivity index is 2.24. The molecule has 9 heteroatoms. The Labute approximate surface area is 149 Å². The number of aryl methyl sites for hydroxylation is 1. The highest BCUT2D eigenvalue weighted by Crippen LogP contribution is 2.21. The molecule has 0 N–H and O–H groups in total. The fourth-order valence-electron chi connectivity index (χ4n) is 3.06. The summed E-state index contributed by atoms with van der Waals surface area (Å²) >= 11 is 0. The minimum absolute atomic E-state index is 0.0596. The maximum absolute atomic E-state index is 12.7. The van der Waals surface area contributed by atoms with Gasteiger partial charge in [0.05, 0.1) is 23.4 Å².